The monoisotopic (exact) mass is 383 g/mol. The molecule has 26 heavy (non-hydrogen) atoms. The number of carbonyl (C=O) groups is 1. The molecule has 2 aromatic carbocycles. The summed E-state index contributed by atoms with van der Waals surface area (Å²) in [5.74, 6) is 0.0409. The van der Waals surface area contributed by atoms with Gasteiger partial charge in [0.15, 0.2) is 5.17 Å². The summed E-state index contributed by atoms with van der Waals surface area (Å²) in [5, 5.41) is 9.47. The summed E-state index contributed by atoms with van der Waals surface area (Å²) >= 11 is 7.32. The van der Waals surface area contributed by atoms with Crippen molar-refractivity contribution in [3.8, 4) is 0 Å². The van der Waals surface area contributed by atoms with Crippen molar-refractivity contribution in [2.24, 2.45) is 10.2 Å². The molecule has 0 aliphatic carbocycles. The Hall–Kier alpha value is -2.37. The van der Waals surface area contributed by atoms with E-state index in [1.807, 2.05) is 42.5 Å². The van der Waals surface area contributed by atoms with Gasteiger partial charge >= 0.3 is 0 Å². The van der Waals surface area contributed by atoms with Gasteiger partial charge in [-0.05, 0) is 29.7 Å². The van der Waals surface area contributed by atoms with Gasteiger partial charge in [-0.1, -0.05) is 71.9 Å². The van der Waals surface area contributed by atoms with Crippen molar-refractivity contribution in [1.82, 2.24) is 4.90 Å². The second-order valence-electron chi connectivity index (χ2n) is 5.71. The van der Waals surface area contributed by atoms with Crippen LogP contribution in [0.15, 0.2) is 77.5 Å². The molecule has 4 nitrogen and oxygen atoms in total. The quantitative estimate of drug-likeness (QED) is 0.421. The smallest absolute Gasteiger partial charge is 0.242 e. The first kappa shape index (κ1) is 18.4. The Kier molecular flexibility index (Phi) is 6.26. The van der Waals surface area contributed by atoms with Crippen LogP contribution in [0.25, 0.3) is 0 Å². The Labute approximate surface area is 162 Å². The lowest BCUT2D eigenvalue weighted by molar-refractivity contribution is -0.125. The van der Waals surface area contributed by atoms with E-state index >= 15 is 0 Å². The minimum atomic E-state index is -0.193. The van der Waals surface area contributed by atoms with Crippen LogP contribution < -0.4 is 0 Å². The Morgan fingerprint density at radius 3 is 2.58 bits per heavy atom. The average Bonchev–Trinajstić information content (AvgIpc) is 2.94. The van der Waals surface area contributed by atoms with Crippen LogP contribution in [-0.4, -0.2) is 34.0 Å². The van der Waals surface area contributed by atoms with Crippen molar-refractivity contribution in [3.05, 3.63) is 83.4 Å². The van der Waals surface area contributed by atoms with Crippen LogP contribution in [0.3, 0.4) is 0 Å². The number of amides is 1. The Morgan fingerprint density at radius 2 is 1.88 bits per heavy atom. The zero-order chi connectivity index (χ0) is 18.4. The maximum atomic E-state index is 12.7. The highest BCUT2D eigenvalue weighted by molar-refractivity contribution is 8.15. The zero-order valence-electron chi connectivity index (χ0n) is 14.1. The molecule has 6 heteroatoms. The lowest BCUT2D eigenvalue weighted by atomic mass is 10.1. The maximum Gasteiger partial charge on any atom is 0.242 e. The summed E-state index contributed by atoms with van der Waals surface area (Å²) in [6.45, 7) is 4.15. The zero-order valence-corrected chi connectivity index (χ0v) is 15.7. The maximum absolute atomic E-state index is 12.7. The first-order chi connectivity index (χ1) is 12.7. The molecule has 2 aromatic rings. The van der Waals surface area contributed by atoms with Crippen molar-refractivity contribution in [2.75, 3.05) is 6.54 Å². The number of amidine groups is 1. The number of hydrogen-bond acceptors (Lipinski definition) is 4. The van der Waals surface area contributed by atoms with Crippen molar-refractivity contribution in [2.45, 2.75) is 11.7 Å². The third-order valence-corrected chi connectivity index (χ3v) is 5.23. The molecule has 0 spiro atoms. The number of rotatable bonds is 6. The highest BCUT2D eigenvalue weighted by Crippen LogP contribution is 2.30. The Bertz CT molecular complexity index is 834. The number of hydrogen-bond donors (Lipinski definition) is 0. The Morgan fingerprint density at radius 1 is 1.15 bits per heavy atom. The van der Waals surface area contributed by atoms with Gasteiger partial charge in [-0.25, -0.2) is 0 Å². The molecule has 132 valence electrons. The van der Waals surface area contributed by atoms with Gasteiger partial charge in [0.1, 0.15) is 0 Å². The molecule has 0 bridgehead atoms. The molecule has 1 fully saturated rings. The van der Waals surface area contributed by atoms with Gasteiger partial charge < -0.3 is 0 Å². The van der Waals surface area contributed by atoms with Crippen LogP contribution in [0, 0.1) is 0 Å². The molecule has 1 heterocycles. The minimum absolute atomic E-state index is 0.0409. The van der Waals surface area contributed by atoms with E-state index < -0.39 is 0 Å². The molecule has 1 aliphatic rings. The summed E-state index contributed by atoms with van der Waals surface area (Å²) in [6, 6.07) is 17.3. The van der Waals surface area contributed by atoms with Crippen molar-refractivity contribution >= 4 is 40.7 Å². The van der Waals surface area contributed by atoms with Crippen LogP contribution in [0.4, 0.5) is 0 Å². The first-order valence-electron chi connectivity index (χ1n) is 8.17. The number of carbonyl (C=O) groups excluding carboxylic acids is 1. The van der Waals surface area contributed by atoms with Gasteiger partial charge in [0.25, 0.3) is 0 Å². The predicted octanol–water partition coefficient (Wildman–Crippen LogP) is 4.40. The Balaban J connectivity index is 1.74. The van der Waals surface area contributed by atoms with Gasteiger partial charge in [-0.15, -0.1) is 11.7 Å². The van der Waals surface area contributed by atoms with Crippen LogP contribution >= 0.6 is 23.4 Å². The summed E-state index contributed by atoms with van der Waals surface area (Å²) < 4.78 is 0. The second-order valence-corrected chi connectivity index (χ2v) is 7.32. The topological polar surface area (TPSA) is 45.0 Å². The molecule has 0 N–H and O–H groups in total. The van der Waals surface area contributed by atoms with Crippen LogP contribution in [0.5, 0.6) is 0 Å². The highest BCUT2D eigenvalue weighted by atomic mass is 35.5. The van der Waals surface area contributed by atoms with Gasteiger partial charge in [-0.3, -0.25) is 9.69 Å². The van der Waals surface area contributed by atoms with E-state index in [0.717, 1.165) is 11.1 Å². The lowest BCUT2D eigenvalue weighted by Gasteiger charge is -2.12. The van der Waals surface area contributed by atoms with Crippen LogP contribution in [-0.2, 0) is 11.2 Å². The van der Waals surface area contributed by atoms with Crippen LogP contribution in [0.1, 0.15) is 11.1 Å². The summed E-state index contributed by atoms with van der Waals surface area (Å²) in [4.78, 5) is 14.3. The summed E-state index contributed by atoms with van der Waals surface area (Å²) in [7, 11) is 0. The molecule has 0 radical (unpaired) electrons. The van der Waals surface area contributed by atoms with E-state index in [4.69, 9.17) is 11.6 Å². The fourth-order valence-corrected chi connectivity index (χ4v) is 3.81. The first-order valence-corrected chi connectivity index (χ1v) is 9.42. The van der Waals surface area contributed by atoms with Crippen molar-refractivity contribution in [1.29, 1.82) is 0 Å². The SMILES string of the molecule is C=CCN1C(=O)C(Cc2ccccc2)S/C1=N\N=C\c1ccc(Cl)cc1. The van der Waals surface area contributed by atoms with E-state index in [0.29, 0.717) is 23.2 Å². The number of halogens is 1. The second kappa shape index (κ2) is 8.83. The van der Waals surface area contributed by atoms with E-state index in [1.165, 1.54) is 11.8 Å². The van der Waals surface area contributed by atoms with E-state index in [2.05, 4.69) is 16.8 Å². The molecule has 1 unspecified atom stereocenters. The van der Waals surface area contributed by atoms with Gasteiger partial charge in [0.2, 0.25) is 5.91 Å². The molecule has 1 saturated heterocycles. The summed E-state index contributed by atoms with van der Waals surface area (Å²) in [6.07, 6.45) is 4.00. The molecular weight excluding hydrogens is 366 g/mol. The molecule has 3 rings (SSSR count). The lowest BCUT2D eigenvalue weighted by Crippen LogP contribution is -2.32. The van der Waals surface area contributed by atoms with E-state index in [1.54, 1.807) is 29.3 Å². The molecule has 0 saturated carbocycles. The fourth-order valence-electron chi connectivity index (χ4n) is 2.53. The highest BCUT2D eigenvalue weighted by Gasteiger charge is 2.37. The number of thioether (sulfide) groups is 1. The molecule has 0 aromatic heterocycles. The number of nitrogens with zero attached hydrogens (tertiary/aromatic N) is 3. The predicted molar refractivity (Wildman–Crippen MR) is 110 cm³/mol. The minimum Gasteiger partial charge on any atom is -0.285 e. The number of benzene rings is 2. The third kappa shape index (κ3) is 4.62. The van der Waals surface area contributed by atoms with E-state index in [-0.39, 0.29) is 11.2 Å². The normalized spacial score (nSPS) is 18.8. The molecule has 1 amide bonds. The molecule has 1 aliphatic heterocycles. The van der Waals surface area contributed by atoms with Gasteiger partial charge in [0, 0.05) is 11.6 Å². The largest absolute Gasteiger partial charge is 0.285 e. The third-order valence-electron chi connectivity index (χ3n) is 3.82. The van der Waals surface area contributed by atoms with E-state index in [9.17, 15) is 4.79 Å². The standard InChI is InChI=1S/C20H18ClN3OS/c1-2-12-24-19(25)18(13-15-6-4-3-5-7-15)26-20(24)23-22-14-16-8-10-17(21)11-9-16/h2-11,14,18H,1,12-13H2/b22-14+,23-20-. The average molecular weight is 384 g/mol. The summed E-state index contributed by atoms with van der Waals surface area (Å²) in [5.41, 5.74) is 2.02. The van der Waals surface area contributed by atoms with Crippen LogP contribution in [0.2, 0.25) is 5.02 Å². The van der Waals surface area contributed by atoms with Crippen molar-refractivity contribution in [3.63, 3.8) is 0 Å². The van der Waals surface area contributed by atoms with Gasteiger partial charge in [-0.2, -0.15) is 5.10 Å². The molecule has 1 atom stereocenters. The van der Waals surface area contributed by atoms with Gasteiger partial charge in [0.05, 0.1) is 11.5 Å². The molecular formula is C20H18ClN3OS. The van der Waals surface area contributed by atoms with Crippen molar-refractivity contribution < 1.29 is 4.79 Å². The fraction of sp³-hybridized carbons (Fsp3) is 0.150.